The first-order chi connectivity index (χ1) is 10.0. The average molecular weight is 324 g/mol. The van der Waals surface area contributed by atoms with Gasteiger partial charge in [0, 0.05) is 11.3 Å². The summed E-state index contributed by atoms with van der Waals surface area (Å²) in [6.45, 7) is 1.95. The minimum atomic E-state index is -0.720. The zero-order valence-corrected chi connectivity index (χ0v) is 13.2. The second kappa shape index (κ2) is 6.83. The number of methoxy groups -OCH3 is 1. The predicted octanol–water partition coefficient (Wildman–Crippen LogP) is 4.63. The summed E-state index contributed by atoms with van der Waals surface area (Å²) in [6.07, 6.45) is 0. The highest BCUT2D eigenvalue weighted by atomic mass is 35.5. The molecule has 110 valence electrons. The van der Waals surface area contributed by atoms with Gasteiger partial charge < -0.3 is 10.1 Å². The molecule has 0 bridgehead atoms. The largest absolute Gasteiger partial charge is 0.467 e. The molecule has 0 spiro atoms. The molecule has 5 heteroatoms. The lowest BCUT2D eigenvalue weighted by molar-refractivity contribution is -0.141. The molecule has 0 fully saturated rings. The summed E-state index contributed by atoms with van der Waals surface area (Å²) in [4.78, 5) is 12.1. The number of esters is 1. The van der Waals surface area contributed by atoms with E-state index < -0.39 is 12.0 Å². The van der Waals surface area contributed by atoms with Gasteiger partial charge in [-0.25, -0.2) is 4.79 Å². The smallest absolute Gasteiger partial charge is 0.333 e. The molecule has 0 saturated carbocycles. The normalized spacial score (nSPS) is 11.8. The van der Waals surface area contributed by atoms with E-state index in [-0.39, 0.29) is 0 Å². The Balaban J connectivity index is 2.42. The zero-order valence-electron chi connectivity index (χ0n) is 11.7. The molecule has 0 amide bonds. The van der Waals surface area contributed by atoms with Gasteiger partial charge in [0.15, 0.2) is 6.04 Å². The van der Waals surface area contributed by atoms with Crippen molar-refractivity contribution in [3.8, 4) is 0 Å². The van der Waals surface area contributed by atoms with Crippen LogP contribution in [0.2, 0.25) is 10.0 Å². The Bertz CT molecular complexity index is 658. The van der Waals surface area contributed by atoms with E-state index >= 15 is 0 Å². The molecule has 2 aromatic rings. The van der Waals surface area contributed by atoms with E-state index in [9.17, 15) is 4.79 Å². The Morgan fingerprint density at radius 2 is 1.86 bits per heavy atom. The molecule has 1 N–H and O–H groups in total. The molecule has 0 aliphatic carbocycles. The van der Waals surface area contributed by atoms with Gasteiger partial charge in [0.25, 0.3) is 0 Å². The Morgan fingerprint density at radius 1 is 1.14 bits per heavy atom. The molecule has 2 aromatic carbocycles. The van der Waals surface area contributed by atoms with Crippen LogP contribution in [0.25, 0.3) is 0 Å². The summed E-state index contributed by atoms with van der Waals surface area (Å²) in [5.74, 6) is -0.428. The zero-order chi connectivity index (χ0) is 15.4. The second-order valence-electron chi connectivity index (χ2n) is 4.56. The molecule has 0 aliphatic heterocycles. The number of aryl methyl sites for hydroxylation is 1. The first-order valence-corrected chi connectivity index (χ1v) is 7.14. The SMILES string of the molecule is COC(=O)C(Nc1ccccc1C)c1cccc(Cl)c1Cl. The molecule has 0 aliphatic rings. The maximum absolute atomic E-state index is 12.1. The number of para-hydroxylation sites is 1. The van der Waals surface area contributed by atoms with Crippen molar-refractivity contribution in [3.63, 3.8) is 0 Å². The lowest BCUT2D eigenvalue weighted by Crippen LogP contribution is -2.23. The van der Waals surface area contributed by atoms with Crippen LogP contribution in [0.3, 0.4) is 0 Å². The highest BCUT2D eigenvalue weighted by molar-refractivity contribution is 6.42. The van der Waals surface area contributed by atoms with Gasteiger partial charge in [-0.1, -0.05) is 53.5 Å². The maximum Gasteiger partial charge on any atom is 0.333 e. The topological polar surface area (TPSA) is 38.3 Å². The third kappa shape index (κ3) is 3.49. The van der Waals surface area contributed by atoms with E-state index in [1.807, 2.05) is 31.2 Å². The molecule has 0 radical (unpaired) electrons. The molecule has 1 unspecified atom stereocenters. The number of ether oxygens (including phenoxy) is 1. The minimum absolute atomic E-state index is 0.343. The molecule has 0 aromatic heterocycles. The third-order valence-electron chi connectivity index (χ3n) is 3.17. The summed E-state index contributed by atoms with van der Waals surface area (Å²) in [5, 5.41) is 3.91. The predicted molar refractivity (Wildman–Crippen MR) is 86.0 cm³/mol. The van der Waals surface area contributed by atoms with Gasteiger partial charge in [-0.15, -0.1) is 0 Å². The average Bonchev–Trinajstić information content (AvgIpc) is 2.49. The van der Waals surface area contributed by atoms with Crippen LogP contribution in [0.5, 0.6) is 0 Å². The van der Waals surface area contributed by atoms with E-state index in [0.29, 0.717) is 15.6 Å². The van der Waals surface area contributed by atoms with Gasteiger partial charge >= 0.3 is 5.97 Å². The number of benzene rings is 2. The highest BCUT2D eigenvalue weighted by Gasteiger charge is 2.25. The van der Waals surface area contributed by atoms with Gasteiger partial charge in [0.05, 0.1) is 17.2 Å². The number of carbonyl (C=O) groups is 1. The second-order valence-corrected chi connectivity index (χ2v) is 5.34. The number of anilines is 1. The van der Waals surface area contributed by atoms with Crippen molar-refractivity contribution in [1.82, 2.24) is 0 Å². The van der Waals surface area contributed by atoms with Crippen LogP contribution in [-0.4, -0.2) is 13.1 Å². The number of carbonyl (C=O) groups excluding carboxylic acids is 1. The molecule has 3 nitrogen and oxygen atoms in total. The van der Waals surface area contributed by atoms with Gasteiger partial charge in [0.2, 0.25) is 0 Å². The lowest BCUT2D eigenvalue weighted by atomic mass is 10.1. The van der Waals surface area contributed by atoms with Gasteiger partial charge in [0.1, 0.15) is 0 Å². The van der Waals surface area contributed by atoms with Crippen LogP contribution in [0.1, 0.15) is 17.2 Å². The van der Waals surface area contributed by atoms with Crippen molar-refractivity contribution in [1.29, 1.82) is 0 Å². The fourth-order valence-electron chi connectivity index (χ4n) is 2.02. The minimum Gasteiger partial charge on any atom is -0.467 e. The Labute approximate surface area is 133 Å². The molecule has 21 heavy (non-hydrogen) atoms. The van der Waals surface area contributed by atoms with Crippen LogP contribution in [0, 0.1) is 6.92 Å². The Kier molecular flexibility index (Phi) is 5.10. The van der Waals surface area contributed by atoms with E-state index in [0.717, 1.165) is 11.3 Å². The Hall–Kier alpha value is -1.71. The van der Waals surface area contributed by atoms with Gasteiger partial charge in [-0.05, 0) is 24.6 Å². The van der Waals surface area contributed by atoms with Crippen molar-refractivity contribution in [2.45, 2.75) is 13.0 Å². The fraction of sp³-hybridized carbons (Fsp3) is 0.188. The number of halogens is 2. The quantitative estimate of drug-likeness (QED) is 0.834. The van der Waals surface area contributed by atoms with Crippen molar-refractivity contribution < 1.29 is 9.53 Å². The maximum atomic E-state index is 12.1. The number of hydrogen-bond donors (Lipinski definition) is 1. The summed E-state index contributed by atoms with van der Waals surface area (Å²) in [7, 11) is 1.34. The molecule has 1 atom stereocenters. The number of hydrogen-bond acceptors (Lipinski definition) is 3. The van der Waals surface area contributed by atoms with E-state index in [4.69, 9.17) is 27.9 Å². The summed E-state index contributed by atoms with van der Waals surface area (Å²) in [5.41, 5.74) is 2.44. The Morgan fingerprint density at radius 3 is 2.52 bits per heavy atom. The van der Waals surface area contributed by atoms with Gasteiger partial charge in [-0.3, -0.25) is 0 Å². The van der Waals surface area contributed by atoms with Crippen molar-refractivity contribution in [3.05, 3.63) is 63.6 Å². The van der Waals surface area contributed by atoms with Crippen molar-refractivity contribution in [2.24, 2.45) is 0 Å². The van der Waals surface area contributed by atoms with Crippen molar-refractivity contribution in [2.75, 3.05) is 12.4 Å². The van der Waals surface area contributed by atoms with Crippen LogP contribution < -0.4 is 5.32 Å². The van der Waals surface area contributed by atoms with Gasteiger partial charge in [-0.2, -0.15) is 0 Å². The van der Waals surface area contributed by atoms with Crippen LogP contribution in [-0.2, 0) is 9.53 Å². The monoisotopic (exact) mass is 323 g/mol. The lowest BCUT2D eigenvalue weighted by Gasteiger charge is -2.20. The first kappa shape index (κ1) is 15.7. The molecule has 0 saturated heterocycles. The molecule has 2 rings (SSSR count). The summed E-state index contributed by atoms with van der Waals surface area (Å²) in [6, 6.07) is 12.1. The number of rotatable bonds is 4. The van der Waals surface area contributed by atoms with Crippen LogP contribution >= 0.6 is 23.2 Å². The molecular weight excluding hydrogens is 309 g/mol. The summed E-state index contributed by atoms with van der Waals surface area (Å²) < 4.78 is 4.87. The third-order valence-corrected chi connectivity index (χ3v) is 4.01. The van der Waals surface area contributed by atoms with Crippen LogP contribution in [0.15, 0.2) is 42.5 Å². The van der Waals surface area contributed by atoms with Crippen LogP contribution in [0.4, 0.5) is 5.69 Å². The highest BCUT2D eigenvalue weighted by Crippen LogP contribution is 2.32. The first-order valence-electron chi connectivity index (χ1n) is 6.38. The van der Waals surface area contributed by atoms with E-state index in [1.54, 1.807) is 18.2 Å². The van der Waals surface area contributed by atoms with Crippen molar-refractivity contribution >= 4 is 34.9 Å². The standard InChI is InChI=1S/C16H15Cl2NO2/c1-10-6-3-4-9-13(10)19-15(16(20)21-2)11-7-5-8-12(17)14(11)18/h3-9,15,19H,1-2H3. The fourth-order valence-corrected chi connectivity index (χ4v) is 2.43. The summed E-state index contributed by atoms with van der Waals surface area (Å²) >= 11 is 12.2. The molecule has 0 heterocycles. The molecular formula is C16H15Cl2NO2. The van der Waals surface area contributed by atoms with E-state index in [1.165, 1.54) is 7.11 Å². The van der Waals surface area contributed by atoms with E-state index in [2.05, 4.69) is 5.32 Å². The number of nitrogens with one attached hydrogen (secondary N) is 1.